The minimum atomic E-state index is -1.12. The zero-order valence-electron chi connectivity index (χ0n) is 12.8. The molecule has 1 atom stereocenters. The summed E-state index contributed by atoms with van der Waals surface area (Å²) in [5, 5.41) is 12.2. The van der Waals surface area contributed by atoms with Crippen LogP contribution in [-0.2, 0) is 9.53 Å². The van der Waals surface area contributed by atoms with E-state index in [1.54, 1.807) is 14.2 Å². The van der Waals surface area contributed by atoms with Crippen LogP contribution in [0.3, 0.4) is 0 Å². The number of aliphatic carboxylic acids is 1. The molecule has 0 radical (unpaired) electrons. The van der Waals surface area contributed by atoms with E-state index in [0.717, 1.165) is 12.8 Å². The highest BCUT2D eigenvalue weighted by atomic mass is 16.5. The van der Waals surface area contributed by atoms with E-state index >= 15 is 0 Å². The van der Waals surface area contributed by atoms with E-state index in [0.29, 0.717) is 25.4 Å². The molecule has 1 fully saturated rings. The first-order valence-corrected chi connectivity index (χ1v) is 7.09. The topological polar surface area (TPSA) is 78.9 Å². The monoisotopic (exact) mass is 286 g/mol. The highest BCUT2D eigenvalue weighted by molar-refractivity contribution is 5.86. The molecule has 1 saturated carbocycles. The van der Waals surface area contributed by atoms with Gasteiger partial charge in [0, 0.05) is 14.2 Å². The lowest BCUT2D eigenvalue weighted by Gasteiger charge is -2.38. The minimum absolute atomic E-state index is 0.103. The predicted octanol–water partition coefficient (Wildman–Crippen LogP) is 1.70. The van der Waals surface area contributed by atoms with Gasteiger partial charge in [-0.1, -0.05) is 6.92 Å². The molecule has 0 aromatic carbocycles. The summed E-state index contributed by atoms with van der Waals surface area (Å²) in [4.78, 5) is 25.3. The van der Waals surface area contributed by atoms with Crippen molar-refractivity contribution in [1.29, 1.82) is 0 Å². The number of carboxylic acids is 1. The third kappa shape index (κ3) is 3.85. The van der Waals surface area contributed by atoms with Crippen LogP contribution in [-0.4, -0.2) is 54.4 Å². The van der Waals surface area contributed by atoms with Crippen LogP contribution in [0.2, 0.25) is 0 Å². The summed E-state index contributed by atoms with van der Waals surface area (Å²) in [5.41, 5.74) is -1.12. The Morgan fingerprint density at radius 3 is 2.45 bits per heavy atom. The number of nitrogens with zero attached hydrogens (tertiary/aromatic N) is 1. The smallest absolute Gasteiger partial charge is 0.329 e. The average Bonchev–Trinajstić information content (AvgIpc) is 2.40. The van der Waals surface area contributed by atoms with Gasteiger partial charge in [0.05, 0.1) is 12.6 Å². The molecule has 6 heteroatoms. The third-order valence-corrected chi connectivity index (χ3v) is 4.27. The van der Waals surface area contributed by atoms with Crippen molar-refractivity contribution in [2.45, 2.75) is 51.1 Å². The van der Waals surface area contributed by atoms with Gasteiger partial charge in [-0.05, 0) is 38.5 Å². The summed E-state index contributed by atoms with van der Waals surface area (Å²) in [5.74, 6) is -0.421. The number of nitrogens with one attached hydrogen (secondary N) is 1. The molecule has 0 aromatic rings. The Morgan fingerprint density at radius 2 is 2.00 bits per heavy atom. The van der Waals surface area contributed by atoms with Gasteiger partial charge in [0.2, 0.25) is 0 Å². The number of urea groups is 1. The van der Waals surface area contributed by atoms with Crippen molar-refractivity contribution in [3.05, 3.63) is 0 Å². The number of carbonyl (C=O) groups is 2. The first-order chi connectivity index (χ1) is 9.32. The molecule has 0 heterocycles. The fourth-order valence-corrected chi connectivity index (χ4v) is 2.49. The molecule has 0 bridgehead atoms. The van der Waals surface area contributed by atoms with Gasteiger partial charge in [-0.25, -0.2) is 9.59 Å². The lowest BCUT2D eigenvalue weighted by Crippen LogP contribution is -2.59. The molecule has 0 spiro atoms. The third-order valence-electron chi connectivity index (χ3n) is 4.27. The fourth-order valence-electron chi connectivity index (χ4n) is 2.49. The van der Waals surface area contributed by atoms with Crippen LogP contribution >= 0.6 is 0 Å². The van der Waals surface area contributed by atoms with Crippen LogP contribution in [0.25, 0.3) is 0 Å². The van der Waals surface area contributed by atoms with Gasteiger partial charge in [-0.3, -0.25) is 0 Å². The summed E-state index contributed by atoms with van der Waals surface area (Å²) >= 11 is 0. The Balaban J connectivity index is 2.71. The lowest BCUT2D eigenvalue weighted by atomic mass is 9.77. The van der Waals surface area contributed by atoms with Crippen LogP contribution in [0.1, 0.15) is 39.5 Å². The highest BCUT2D eigenvalue weighted by Crippen LogP contribution is 2.32. The van der Waals surface area contributed by atoms with Gasteiger partial charge < -0.3 is 20.1 Å². The first-order valence-electron chi connectivity index (χ1n) is 7.09. The molecule has 2 amide bonds. The zero-order valence-corrected chi connectivity index (χ0v) is 12.8. The predicted molar refractivity (Wildman–Crippen MR) is 75.6 cm³/mol. The van der Waals surface area contributed by atoms with E-state index in [4.69, 9.17) is 4.74 Å². The summed E-state index contributed by atoms with van der Waals surface area (Å²) in [7, 11) is 3.23. The standard InChI is InChI=1S/C14H26N2O4/c1-10-5-7-14(8-6-10,12(17)18)15-13(19)16(3)11(2)9-20-4/h10-11H,5-9H2,1-4H3,(H,15,19)(H,17,18). The Morgan fingerprint density at radius 1 is 1.45 bits per heavy atom. The Bertz CT molecular complexity index is 351. The average molecular weight is 286 g/mol. The fraction of sp³-hybridized carbons (Fsp3) is 0.857. The maximum absolute atomic E-state index is 12.2. The SMILES string of the molecule is COCC(C)N(C)C(=O)NC1(C(=O)O)CCC(C)CC1. The lowest BCUT2D eigenvalue weighted by molar-refractivity contribution is -0.146. The van der Waals surface area contributed by atoms with Crippen LogP contribution < -0.4 is 5.32 Å². The maximum atomic E-state index is 12.2. The number of rotatable bonds is 5. The van der Waals surface area contributed by atoms with Crippen LogP contribution in [0.15, 0.2) is 0 Å². The molecule has 1 rings (SSSR count). The molecule has 6 nitrogen and oxygen atoms in total. The molecule has 20 heavy (non-hydrogen) atoms. The van der Waals surface area contributed by atoms with Crippen LogP contribution in [0.5, 0.6) is 0 Å². The van der Waals surface area contributed by atoms with Gasteiger partial charge in [-0.15, -0.1) is 0 Å². The number of amides is 2. The van der Waals surface area contributed by atoms with E-state index in [-0.39, 0.29) is 12.1 Å². The molecule has 2 N–H and O–H groups in total. The Hall–Kier alpha value is -1.30. The van der Waals surface area contributed by atoms with E-state index in [2.05, 4.69) is 12.2 Å². The number of methoxy groups -OCH3 is 1. The molecule has 0 aliphatic heterocycles. The zero-order chi connectivity index (χ0) is 15.3. The molecule has 0 aromatic heterocycles. The number of carboxylic acid groups (broad SMARTS) is 1. The van der Waals surface area contributed by atoms with Gasteiger partial charge in [0.25, 0.3) is 0 Å². The second-order valence-corrected chi connectivity index (χ2v) is 5.92. The second kappa shape index (κ2) is 6.92. The van der Waals surface area contributed by atoms with E-state index in [1.807, 2.05) is 6.92 Å². The van der Waals surface area contributed by atoms with E-state index < -0.39 is 11.5 Å². The number of likely N-dealkylation sites (N-methyl/N-ethyl adjacent to an activating group) is 1. The van der Waals surface area contributed by atoms with Crippen molar-refractivity contribution in [1.82, 2.24) is 10.2 Å². The number of hydrogen-bond acceptors (Lipinski definition) is 3. The van der Waals surface area contributed by atoms with E-state index in [1.165, 1.54) is 4.90 Å². The minimum Gasteiger partial charge on any atom is -0.480 e. The Labute approximate surface area is 120 Å². The molecular weight excluding hydrogens is 260 g/mol. The van der Waals surface area contributed by atoms with Gasteiger partial charge in [0.15, 0.2) is 0 Å². The van der Waals surface area contributed by atoms with Gasteiger partial charge >= 0.3 is 12.0 Å². The molecular formula is C14H26N2O4. The highest BCUT2D eigenvalue weighted by Gasteiger charge is 2.43. The van der Waals surface area contributed by atoms with E-state index in [9.17, 15) is 14.7 Å². The van der Waals surface area contributed by atoms with Crippen molar-refractivity contribution < 1.29 is 19.4 Å². The molecule has 0 saturated heterocycles. The largest absolute Gasteiger partial charge is 0.480 e. The van der Waals surface area contributed by atoms with Crippen molar-refractivity contribution in [3.63, 3.8) is 0 Å². The summed E-state index contributed by atoms with van der Waals surface area (Å²) in [6, 6.07) is -0.458. The molecule has 1 aliphatic rings. The second-order valence-electron chi connectivity index (χ2n) is 5.92. The number of ether oxygens (including phenoxy) is 1. The maximum Gasteiger partial charge on any atom is 0.329 e. The van der Waals surface area contributed by atoms with Crippen molar-refractivity contribution in [2.24, 2.45) is 5.92 Å². The van der Waals surface area contributed by atoms with Crippen molar-refractivity contribution in [3.8, 4) is 0 Å². The summed E-state index contributed by atoms with van der Waals surface area (Å²) in [6.45, 7) is 4.39. The van der Waals surface area contributed by atoms with Crippen molar-refractivity contribution >= 4 is 12.0 Å². The quantitative estimate of drug-likeness (QED) is 0.806. The molecule has 1 unspecified atom stereocenters. The number of hydrogen-bond donors (Lipinski definition) is 2. The summed E-state index contributed by atoms with van der Waals surface area (Å²) < 4.78 is 5.01. The van der Waals surface area contributed by atoms with Crippen LogP contribution in [0.4, 0.5) is 4.79 Å². The van der Waals surface area contributed by atoms with Crippen LogP contribution in [0, 0.1) is 5.92 Å². The summed E-state index contributed by atoms with van der Waals surface area (Å²) in [6.07, 6.45) is 2.62. The van der Waals surface area contributed by atoms with Crippen molar-refractivity contribution in [2.75, 3.05) is 20.8 Å². The molecule has 1 aliphatic carbocycles. The number of carbonyl (C=O) groups excluding carboxylic acids is 1. The normalized spacial score (nSPS) is 27.7. The van der Waals surface area contributed by atoms with Gasteiger partial charge in [-0.2, -0.15) is 0 Å². The Kier molecular flexibility index (Phi) is 5.80. The molecule has 116 valence electrons. The first kappa shape index (κ1) is 16.8. The van der Waals surface area contributed by atoms with Gasteiger partial charge in [0.1, 0.15) is 5.54 Å².